The Balaban J connectivity index is 1.40. The largest absolute Gasteiger partial charge is 0.302 e. The summed E-state index contributed by atoms with van der Waals surface area (Å²) in [6.07, 6.45) is 2.88. The fraction of sp³-hybridized carbons (Fsp3) is 0. The summed E-state index contributed by atoms with van der Waals surface area (Å²) in [5, 5.41) is 14.4. The molecule has 0 radical (unpaired) electrons. The number of hydrogen-bond donors (Lipinski definition) is 2. The van der Waals surface area contributed by atoms with E-state index in [0.29, 0.717) is 11.3 Å². The molecule has 1 amide bonds. The molecule has 2 heterocycles. The Morgan fingerprint density at radius 3 is 2.97 bits per heavy atom. The number of benzene rings is 2. The number of hydrogen-bond acceptors (Lipinski definition) is 8. The van der Waals surface area contributed by atoms with E-state index in [1.807, 2.05) is 6.07 Å². The minimum atomic E-state index is -0.402. The van der Waals surface area contributed by atoms with E-state index in [1.54, 1.807) is 30.5 Å². The molecule has 30 heavy (non-hydrogen) atoms. The molecule has 0 aliphatic heterocycles. The Morgan fingerprint density at radius 1 is 1.20 bits per heavy atom. The normalized spacial score (nSPS) is 11.0. The van der Waals surface area contributed by atoms with Crippen LogP contribution >= 0.6 is 15.9 Å². The summed E-state index contributed by atoms with van der Waals surface area (Å²) in [6, 6.07) is 13.0. The van der Waals surface area contributed by atoms with Crippen LogP contribution in [0.5, 0.6) is 0 Å². The fourth-order valence-electron chi connectivity index (χ4n) is 2.48. The predicted octanol–water partition coefficient (Wildman–Crippen LogP) is 4.15. The SMILES string of the molecule is O=C(Nc1nonc1/C=N/ONc1ccc(F)c(Br)c1)c1ccc2ncccc2c1. The number of pyridine rings is 1. The Hall–Kier alpha value is -3.86. The molecule has 0 spiro atoms. The molecule has 0 saturated carbocycles. The average molecular weight is 471 g/mol. The van der Waals surface area contributed by atoms with Gasteiger partial charge in [-0.15, -0.1) is 0 Å². The van der Waals surface area contributed by atoms with Crippen molar-refractivity contribution < 1.29 is 18.8 Å². The van der Waals surface area contributed by atoms with Gasteiger partial charge in [-0.2, -0.15) is 5.48 Å². The van der Waals surface area contributed by atoms with Gasteiger partial charge in [-0.25, -0.2) is 9.02 Å². The van der Waals surface area contributed by atoms with Crippen molar-refractivity contribution in [3.8, 4) is 0 Å². The maximum absolute atomic E-state index is 13.2. The van der Waals surface area contributed by atoms with Gasteiger partial charge in [-0.3, -0.25) is 14.7 Å². The zero-order chi connectivity index (χ0) is 20.9. The third kappa shape index (κ3) is 4.41. The first-order valence-corrected chi connectivity index (χ1v) is 9.28. The van der Waals surface area contributed by atoms with Crippen LogP contribution < -0.4 is 10.8 Å². The molecule has 9 nitrogen and oxygen atoms in total. The maximum atomic E-state index is 13.2. The molecule has 0 unspecified atom stereocenters. The lowest BCUT2D eigenvalue weighted by molar-refractivity contribution is 0.102. The second-order valence-corrected chi connectivity index (χ2v) is 6.77. The molecule has 0 saturated heterocycles. The van der Waals surface area contributed by atoms with Crippen LogP contribution in [0.4, 0.5) is 15.9 Å². The standard InChI is InChI=1S/C19H12BrFN6O3/c20-14-9-13(4-5-15(14)21)25-29-23-10-17-18(27-30-26-17)24-19(28)12-3-6-16-11(8-12)2-1-7-22-16/h1-10,25H,(H,24,27,28)/b23-10+. The van der Waals surface area contributed by atoms with E-state index in [0.717, 1.165) is 10.9 Å². The summed E-state index contributed by atoms with van der Waals surface area (Å²) < 4.78 is 18.1. The van der Waals surface area contributed by atoms with Gasteiger partial charge in [0.05, 0.1) is 15.7 Å². The first-order chi connectivity index (χ1) is 14.6. The number of halogens is 2. The Bertz CT molecular complexity index is 1250. The van der Waals surface area contributed by atoms with Gasteiger partial charge >= 0.3 is 0 Å². The smallest absolute Gasteiger partial charge is 0.256 e. The Labute approximate surface area is 177 Å². The van der Waals surface area contributed by atoms with Crippen molar-refractivity contribution in [2.75, 3.05) is 10.8 Å². The minimum absolute atomic E-state index is 0.0724. The van der Waals surface area contributed by atoms with E-state index < -0.39 is 11.7 Å². The zero-order valence-corrected chi connectivity index (χ0v) is 16.6. The van der Waals surface area contributed by atoms with Crippen LogP contribution in [0.3, 0.4) is 0 Å². The van der Waals surface area contributed by atoms with Crippen LogP contribution in [0, 0.1) is 5.82 Å². The minimum Gasteiger partial charge on any atom is -0.302 e. The molecule has 150 valence electrons. The van der Waals surface area contributed by atoms with Crippen molar-refractivity contribution in [3.63, 3.8) is 0 Å². The van der Waals surface area contributed by atoms with E-state index >= 15 is 0 Å². The first-order valence-electron chi connectivity index (χ1n) is 8.49. The molecule has 11 heteroatoms. The molecule has 2 aromatic heterocycles. The topological polar surface area (TPSA) is 115 Å². The molecule has 2 N–H and O–H groups in total. The molecule has 0 fully saturated rings. The lowest BCUT2D eigenvalue weighted by Gasteiger charge is -2.04. The molecule has 0 aliphatic carbocycles. The highest BCUT2D eigenvalue weighted by Crippen LogP contribution is 2.20. The first kappa shape index (κ1) is 19.5. The van der Waals surface area contributed by atoms with E-state index in [1.165, 1.54) is 24.4 Å². The molecule has 2 aromatic carbocycles. The van der Waals surface area contributed by atoms with Crippen molar-refractivity contribution in [1.29, 1.82) is 0 Å². The fourth-order valence-corrected chi connectivity index (χ4v) is 2.86. The van der Waals surface area contributed by atoms with Crippen LogP contribution in [0.1, 0.15) is 16.1 Å². The van der Waals surface area contributed by atoms with Crippen LogP contribution in [0.25, 0.3) is 10.9 Å². The van der Waals surface area contributed by atoms with Crippen molar-refractivity contribution in [3.05, 3.63) is 76.3 Å². The van der Waals surface area contributed by atoms with Crippen molar-refractivity contribution in [2.45, 2.75) is 0 Å². The molecule has 4 aromatic rings. The van der Waals surface area contributed by atoms with Gasteiger partial charge in [0, 0.05) is 17.1 Å². The number of carbonyl (C=O) groups excluding carboxylic acids is 1. The van der Waals surface area contributed by atoms with Crippen LogP contribution in [0.15, 0.2) is 69.0 Å². The van der Waals surface area contributed by atoms with Gasteiger partial charge in [0.1, 0.15) is 12.0 Å². The summed E-state index contributed by atoms with van der Waals surface area (Å²) >= 11 is 3.07. The van der Waals surface area contributed by atoms with Gasteiger partial charge < -0.3 is 5.32 Å². The number of anilines is 2. The summed E-state index contributed by atoms with van der Waals surface area (Å²) in [5.74, 6) is -0.731. The Morgan fingerprint density at radius 2 is 2.10 bits per heavy atom. The second kappa shape index (κ2) is 8.66. The van der Waals surface area contributed by atoms with Gasteiger partial charge in [0.25, 0.3) is 5.91 Å². The Kier molecular flexibility index (Phi) is 5.61. The van der Waals surface area contributed by atoms with Crippen molar-refractivity contribution >= 4 is 50.5 Å². The number of amides is 1. The lowest BCUT2D eigenvalue weighted by Crippen LogP contribution is -2.13. The van der Waals surface area contributed by atoms with E-state index in [4.69, 9.17) is 4.94 Å². The summed E-state index contributed by atoms with van der Waals surface area (Å²) in [5.41, 5.74) is 4.33. The second-order valence-electron chi connectivity index (χ2n) is 5.92. The summed E-state index contributed by atoms with van der Waals surface area (Å²) in [7, 11) is 0. The highest BCUT2D eigenvalue weighted by atomic mass is 79.9. The van der Waals surface area contributed by atoms with Gasteiger partial charge in [-0.05, 0) is 68.7 Å². The highest BCUT2D eigenvalue weighted by Gasteiger charge is 2.14. The number of rotatable bonds is 6. The monoisotopic (exact) mass is 470 g/mol. The number of nitrogens with one attached hydrogen (secondary N) is 2. The number of nitrogens with zero attached hydrogens (tertiary/aromatic N) is 4. The van der Waals surface area contributed by atoms with E-state index in [2.05, 4.69) is 51.8 Å². The zero-order valence-electron chi connectivity index (χ0n) is 15.0. The lowest BCUT2D eigenvalue weighted by atomic mass is 10.1. The molecule has 4 rings (SSSR count). The molecule has 0 bridgehead atoms. The number of carbonyl (C=O) groups is 1. The van der Waals surface area contributed by atoms with Crippen LogP contribution in [-0.2, 0) is 4.94 Å². The number of aromatic nitrogens is 3. The molecule has 0 aliphatic rings. The van der Waals surface area contributed by atoms with E-state index in [9.17, 15) is 9.18 Å². The maximum Gasteiger partial charge on any atom is 0.256 e. The van der Waals surface area contributed by atoms with Crippen LogP contribution in [0.2, 0.25) is 0 Å². The third-order valence-corrected chi connectivity index (χ3v) is 4.53. The summed E-state index contributed by atoms with van der Waals surface area (Å²) in [6.45, 7) is 0. The highest BCUT2D eigenvalue weighted by molar-refractivity contribution is 9.10. The van der Waals surface area contributed by atoms with E-state index in [-0.39, 0.29) is 16.0 Å². The molecular formula is C19H12BrFN6O3. The average Bonchev–Trinajstić information content (AvgIpc) is 3.20. The molecule has 0 atom stereocenters. The summed E-state index contributed by atoms with van der Waals surface area (Å²) in [4.78, 5) is 21.7. The van der Waals surface area contributed by atoms with Crippen molar-refractivity contribution in [1.82, 2.24) is 15.3 Å². The number of oxime groups is 1. The quantitative estimate of drug-likeness (QED) is 0.321. The van der Waals surface area contributed by atoms with Gasteiger partial charge in [0.15, 0.2) is 5.69 Å². The van der Waals surface area contributed by atoms with Crippen molar-refractivity contribution in [2.24, 2.45) is 5.16 Å². The van der Waals surface area contributed by atoms with Gasteiger partial charge in [0.2, 0.25) is 5.82 Å². The van der Waals surface area contributed by atoms with Gasteiger partial charge in [-0.1, -0.05) is 11.2 Å². The molecular weight excluding hydrogens is 459 g/mol. The third-order valence-electron chi connectivity index (χ3n) is 3.92. The number of fused-ring (bicyclic) bond motifs is 1. The van der Waals surface area contributed by atoms with Crippen LogP contribution in [-0.4, -0.2) is 27.4 Å². The predicted molar refractivity (Wildman–Crippen MR) is 110 cm³/mol.